The minimum atomic E-state index is -0.0982. The molecule has 0 aliphatic rings. The summed E-state index contributed by atoms with van der Waals surface area (Å²) in [6, 6.07) is 8.64. The highest BCUT2D eigenvalue weighted by Gasteiger charge is 2.04. The molecule has 0 unspecified atom stereocenters. The highest BCUT2D eigenvalue weighted by atomic mass is 16.1. The lowest BCUT2D eigenvalue weighted by Gasteiger charge is -2.13. The van der Waals surface area contributed by atoms with Gasteiger partial charge in [0, 0.05) is 18.7 Å². The molecule has 0 fully saturated rings. The highest BCUT2D eigenvalue weighted by molar-refractivity contribution is 5.94. The average molecular weight is 231 g/mol. The van der Waals surface area contributed by atoms with Crippen LogP contribution in [-0.4, -0.2) is 37.5 Å². The maximum atomic E-state index is 11.7. The Bertz CT molecular complexity index is 406. The molecule has 0 saturated carbocycles. The summed E-state index contributed by atoms with van der Waals surface area (Å²) in [6.45, 7) is 4.50. The summed E-state index contributed by atoms with van der Waals surface area (Å²) in [5.74, 6) is -0.0982. The lowest BCUT2D eigenvalue weighted by atomic mass is 10.1. The predicted octanol–water partition coefficient (Wildman–Crippen LogP) is 1.24. The summed E-state index contributed by atoms with van der Waals surface area (Å²) in [6.07, 6.45) is 0. The number of benzene rings is 1. The maximum absolute atomic E-state index is 11.7. The molecule has 0 saturated heterocycles. The number of amides is 1. The fourth-order valence-electron chi connectivity index (χ4n) is 1.32. The van der Waals surface area contributed by atoms with Gasteiger partial charge in [-0.1, -0.05) is 6.92 Å². The van der Waals surface area contributed by atoms with Gasteiger partial charge in [-0.2, -0.15) is 5.26 Å². The largest absolute Gasteiger partial charge is 0.351 e. The van der Waals surface area contributed by atoms with Crippen LogP contribution in [0.2, 0.25) is 0 Å². The van der Waals surface area contributed by atoms with Gasteiger partial charge in [-0.15, -0.1) is 0 Å². The predicted molar refractivity (Wildman–Crippen MR) is 66.7 cm³/mol. The molecule has 17 heavy (non-hydrogen) atoms. The van der Waals surface area contributed by atoms with Crippen LogP contribution in [0.15, 0.2) is 24.3 Å². The van der Waals surface area contributed by atoms with E-state index in [1.807, 2.05) is 13.1 Å². The second kappa shape index (κ2) is 6.66. The van der Waals surface area contributed by atoms with Crippen molar-refractivity contribution in [3.05, 3.63) is 35.4 Å². The Kier molecular flexibility index (Phi) is 5.18. The van der Waals surface area contributed by atoms with E-state index in [0.717, 1.165) is 13.1 Å². The number of nitrogens with zero attached hydrogens (tertiary/aromatic N) is 2. The fraction of sp³-hybridized carbons (Fsp3) is 0.385. The molecule has 0 aliphatic heterocycles. The third kappa shape index (κ3) is 4.25. The van der Waals surface area contributed by atoms with Gasteiger partial charge in [0.15, 0.2) is 0 Å². The van der Waals surface area contributed by atoms with Crippen LogP contribution in [0, 0.1) is 11.3 Å². The SMILES string of the molecule is CCN(C)CCNC(=O)c1ccc(C#N)cc1. The number of carbonyl (C=O) groups excluding carboxylic acids is 1. The van der Waals surface area contributed by atoms with Crippen LogP contribution in [0.1, 0.15) is 22.8 Å². The molecule has 4 nitrogen and oxygen atoms in total. The number of carbonyl (C=O) groups is 1. The van der Waals surface area contributed by atoms with Crippen LogP contribution >= 0.6 is 0 Å². The highest BCUT2D eigenvalue weighted by Crippen LogP contribution is 2.02. The summed E-state index contributed by atoms with van der Waals surface area (Å²) in [7, 11) is 2.01. The topological polar surface area (TPSA) is 56.1 Å². The molecular formula is C13H17N3O. The number of nitrogens with one attached hydrogen (secondary N) is 1. The van der Waals surface area contributed by atoms with E-state index in [9.17, 15) is 4.79 Å². The molecule has 0 atom stereocenters. The van der Waals surface area contributed by atoms with Gasteiger partial charge in [-0.05, 0) is 37.9 Å². The molecule has 1 aromatic carbocycles. The van der Waals surface area contributed by atoms with Crippen molar-refractivity contribution >= 4 is 5.91 Å². The first-order chi connectivity index (χ1) is 8.17. The molecule has 4 heteroatoms. The molecule has 0 heterocycles. The van der Waals surface area contributed by atoms with Crippen LogP contribution < -0.4 is 5.32 Å². The van der Waals surface area contributed by atoms with Crippen LogP contribution in [0.4, 0.5) is 0 Å². The van der Waals surface area contributed by atoms with E-state index in [1.165, 1.54) is 0 Å². The molecule has 0 aliphatic carbocycles. The van der Waals surface area contributed by atoms with Gasteiger partial charge in [0.1, 0.15) is 0 Å². The molecular weight excluding hydrogens is 214 g/mol. The Morgan fingerprint density at radius 3 is 2.59 bits per heavy atom. The lowest BCUT2D eigenvalue weighted by Crippen LogP contribution is -2.32. The van der Waals surface area contributed by atoms with Crippen molar-refractivity contribution < 1.29 is 4.79 Å². The van der Waals surface area contributed by atoms with Crippen LogP contribution in [0.3, 0.4) is 0 Å². The molecule has 0 aromatic heterocycles. The Hall–Kier alpha value is -1.86. The standard InChI is InChI=1S/C13H17N3O/c1-3-16(2)9-8-15-13(17)12-6-4-11(10-14)5-7-12/h4-7H,3,8-9H2,1-2H3,(H,15,17). The second-order valence-corrected chi connectivity index (χ2v) is 3.84. The van der Waals surface area contributed by atoms with Crippen molar-refractivity contribution in [2.24, 2.45) is 0 Å². The number of nitriles is 1. The van der Waals surface area contributed by atoms with Gasteiger partial charge < -0.3 is 10.2 Å². The van der Waals surface area contributed by atoms with Crippen molar-refractivity contribution in [1.29, 1.82) is 5.26 Å². The van der Waals surface area contributed by atoms with E-state index in [2.05, 4.69) is 17.1 Å². The van der Waals surface area contributed by atoms with E-state index >= 15 is 0 Å². The zero-order chi connectivity index (χ0) is 12.7. The monoisotopic (exact) mass is 231 g/mol. The van der Waals surface area contributed by atoms with E-state index in [0.29, 0.717) is 17.7 Å². The van der Waals surface area contributed by atoms with E-state index in [4.69, 9.17) is 5.26 Å². The Morgan fingerprint density at radius 2 is 2.06 bits per heavy atom. The molecule has 0 radical (unpaired) electrons. The normalized spacial score (nSPS) is 10.0. The summed E-state index contributed by atoms with van der Waals surface area (Å²) in [5.41, 5.74) is 1.15. The van der Waals surface area contributed by atoms with Crippen molar-refractivity contribution in [3.63, 3.8) is 0 Å². The van der Waals surface area contributed by atoms with Crippen LogP contribution in [0.5, 0.6) is 0 Å². The minimum absolute atomic E-state index is 0.0982. The van der Waals surface area contributed by atoms with Crippen molar-refractivity contribution in [2.45, 2.75) is 6.92 Å². The van der Waals surface area contributed by atoms with Crippen LogP contribution in [0.25, 0.3) is 0 Å². The van der Waals surface area contributed by atoms with E-state index < -0.39 is 0 Å². The summed E-state index contributed by atoms with van der Waals surface area (Å²) < 4.78 is 0. The molecule has 1 aromatic rings. The molecule has 0 spiro atoms. The lowest BCUT2D eigenvalue weighted by molar-refractivity contribution is 0.0950. The fourth-order valence-corrected chi connectivity index (χ4v) is 1.32. The number of hydrogen-bond donors (Lipinski definition) is 1. The first-order valence-electron chi connectivity index (χ1n) is 5.64. The molecule has 1 N–H and O–H groups in total. The molecule has 1 amide bonds. The smallest absolute Gasteiger partial charge is 0.251 e. The summed E-state index contributed by atoms with van der Waals surface area (Å²) in [4.78, 5) is 13.8. The number of likely N-dealkylation sites (N-methyl/N-ethyl adjacent to an activating group) is 1. The van der Waals surface area contributed by atoms with Gasteiger partial charge in [0.05, 0.1) is 11.6 Å². The van der Waals surface area contributed by atoms with Gasteiger partial charge in [-0.25, -0.2) is 0 Å². The Balaban J connectivity index is 2.44. The third-order valence-corrected chi connectivity index (χ3v) is 2.60. The second-order valence-electron chi connectivity index (χ2n) is 3.84. The zero-order valence-corrected chi connectivity index (χ0v) is 10.2. The number of hydrogen-bond acceptors (Lipinski definition) is 3. The van der Waals surface area contributed by atoms with Gasteiger partial charge >= 0.3 is 0 Å². The first kappa shape index (κ1) is 13.2. The van der Waals surface area contributed by atoms with E-state index in [-0.39, 0.29) is 5.91 Å². The summed E-state index contributed by atoms with van der Waals surface area (Å²) >= 11 is 0. The number of rotatable bonds is 5. The quantitative estimate of drug-likeness (QED) is 0.829. The van der Waals surface area contributed by atoms with Gasteiger partial charge in [0.2, 0.25) is 0 Å². The summed E-state index contributed by atoms with van der Waals surface area (Å²) in [5, 5.41) is 11.5. The van der Waals surface area contributed by atoms with Crippen LogP contribution in [-0.2, 0) is 0 Å². The first-order valence-corrected chi connectivity index (χ1v) is 5.64. The van der Waals surface area contributed by atoms with Gasteiger partial charge in [-0.3, -0.25) is 4.79 Å². The van der Waals surface area contributed by atoms with Crippen molar-refractivity contribution in [3.8, 4) is 6.07 Å². The van der Waals surface area contributed by atoms with Crippen molar-refractivity contribution in [2.75, 3.05) is 26.7 Å². The van der Waals surface area contributed by atoms with Crippen molar-refractivity contribution in [1.82, 2.24) is 10.2 Å². The third-order valence-electron chi connectivity index (χ3n) is 2.60. The van der Waals surface area contributed by atoms with Gasteiger partial charge in [0.25, 0.3) is 5.91 Å². The maximum Gasteiger partial charge on any atom is 0.251 e. The van der Waals surface area contributed by atoms with E-state index in [1.54, 1.807) is 24.3 Å². The average Bonchev–Trinajstić information content (AvgIpc) is 2.38. The molecule has 90 valence electrons. The minimum Gasteiger partial charge on any atom is -0.351 e. The molecule has 1 rings (SSSR count). The Morgan fingerprint density at radius 1 is 1.41 bits per heavy atom. The molecule has 0 bridgehead atoms. The zero-order valence-electron chi connectivity index (χ0n) is 10.2. The Labute approximate surface area is 102 Å².